The van der Waals surface area contributed by atoms with Gasteiger partial charge in [-0.25, -0.2) is 4.79 Å². The molecule has 0 aromatic heterocycles. The van der Waals surface area contributed by atoms with Crippen LogP contribution in [0.25, 0.3) is 0 Å². The van der Waals surface area contributed by atoms with E-state index in [0.717, 1.165) is 29.8 Å². The van der Waals surface area contributed by atoms with Crippen LogP contribution < -0.4 is 10.2 Å². The molecular weight excluding hydrogens is 376 g/mol. The first-order valence-electron chi connectivity index (χ1n) is 10.0. The molecule has 2 fully saturated rings. The molecule has 0 aliphatic carbocycles. The van der Waals surface area contributed by atoms with E-state index in [1.165, 1.54) is 12.1 Å². The lowest BCUT2D eigenvalue weighted by Gasteiger charge is -2.52. The number of carbonyl (C=O) groups excluding carboxylic acids is 3. The minimum Gasteiger partial charge on any atom is -0.367 e. The number of nitrogens with one attached hydrogen (secondary N) is 1. The van der Waals surface area contributed by atoms with Gasteiger partial charge in [0.25, 0.3) is 5.69 Å². The highest BCUT2D eigenvalue weighted by molar-refractivity contribution is 6.20. The van der Waals surface area contributed by atoms with Gasteiger partial charge in [-0.05, 0) is 38.3 Å². The number of nitrogens with zero attached hydrogens (tertiary/aromatic N) is 3. The van der Waals surface area contributed by atoms with Crippen molar-refractivity contribution in [1.29, 1.82) is 0 Å². The Morgan fingerprint density at radius 2 is 1.97 bits per heavy atom. The fraction of sp³-hybridized carbons (Fsp3) is 0.550. The quantitative estimate of drug-likeness (QED) is 0.463. The van der Waals surface area contributed by atoms with E-state index in [0.29, 0.717) is 18.5 Å². The Morgan fingerprint density at radius 1 is 1.21 bits per heavy atom. The number of nitro benzene ring substituents is 1. The zero-order valence-corrected chi connectivity index (χ0v) is 16.5. The number of imide groups is 2. The van der Waals surface area contributed by atoms with Crippen molar-refractivity contribution >= 4 is 29.2 Å². The molecule has 9 nitrogen and oxygen atoms in total. The maximum absolute atomic E-state index is 13.6. The Balaban J connectivity index is 1.91. The standard InChI is InChI=1S/C20H24N4O5/c1-12(2)23-18(26)20(17(25)21-19(23)27)11-13-10-14(24(28)29)7-8-15(13)22-9-5-3-4-6-16(20)22/h7-8,10,12,16H,3-6,9,11H2,1-2H3,(H,21,25,27)/t16-,20+/m1/s1. The Bertz CT molecular complexity index is 914. The summed E-state index contributed by atoms with van der Waals surface area (Å²) >= 11 is 0. The Morgan fingerprint density at radius 3 is 2.66 bits per heavy atom. The van der Waals surface area contributed by atoms with E-state index in [1.54, 1.807) is 19.9 Å². The molecule has 1 N–H and O–H groups in total. The van der Waals surface area contributed by atoms with E-state index in [9.17, 15) is 24.5 Å². The van der Waals surface area contributed by atoms with Gasteiger partial charge in [0.2, 0.25) is 11.8 Å². The molecule has 2 atom stereocenters. The maximum Gasteiger partial charge on any atom is 0.331 e. The van der Waals surface area contributed by atoms with Crippen molar-refractivity contribution in [1.82, 2.24) is 10.2 Å². The number of anilines is 1. The second-order valence-electron chi connectivity index (χ2n) is 8.30. The van der Waals surface area contributed by atoms with E-state index in [-0.39, 0.29) is 18.2 Å². The predicted octanol–water partition coefficient (Wildman–Crippen LogP) is 2.37. The average Bonchev–Trinajstić information content (AvgIpc) is 2.91. The molecule has 0 bridgehead atoms. The molecule has 154 valence electrons. The lowest BCUT2D eigenvalue weighted by atomic mass is 9.67. The lowest BCUT2D eigenvalue weighted by Crippen LogP contribution is -2.72. The van der Waals surface area contributed by atoms with Gasteiger partial charge >= 0.3 is 6.03 Å². The van der Waals surface area contributed by atoms with Gasteiger partial charge in [-0.15, -0.1) is 0 Å². The summed E-state index contributed by atoms with van der Waals surface area (Å²) in [6, 6.07) is 3.14. The highest BCUT2D eigenvalue weighted by Gasteiger charge is 2.62. The minimum absolute atomic E-state index is 0.0480. The fourth-order valence-electron chi connectivity index (χ4n) is 5.03. The number of barbiturate groups is 1. The number of rotatable bonds is 2. The number of hydrogen-bond acceptors (Lipinski definition) is 6. The summed E-state index contributed by atoms with van der Waals surface area (Å²) in [7, 11) is 0. The van der Waals surface area contributed by atoms with Crippen LogP contribution in [-0.4, -0.2) is 46.3 Å². The van der Waals surface area contributed by atoms with Crippen molar-refractivity contribution in [2.75, 3.05) is 11.4 Å². The van der Waals surface area contributed by atoms with E-state index in [4.69, 9.17) is 0 Å². The normalized spacial score (nSPS) is 26.9. The summed E-state index contributed by atoms with van der Waals surface area (Å²) in [4.78, 5) is 53.2. The number of non-ortho nitro benzene ring substituents is 1. The molecule has 1 aromatic rings. The fourth-order valence-corrected chi connectivity index (χ4v) is 5.03. The van der Waals surface area contributed by atoms with Gasteiger partial charge in [-0.1, -0.05) is 12.8 Å². The van der Waals surface area contributed by atoms with Crippen LogP contribution in [0.2, 0.25) is 0 Å². The van der Waals surface area contributed by atoms with Crippen LogP contribution in [0.3, 0.4) is 0 Å². The smallest absolute Gasteiger partial charge is 0.331 e. The van der Waals surface area contributed by atoms with Gasteiger partial charge < -0.3 is 4.90 Å². The molecule has 4 amide bonds. The van der Waals surface area contributed by atoms with Crippen LogP contribution in [-0.2, 0) is 16.0 Å². The van der Waals surface area contributed by atoms with E-state index in [2.05, 4.69) is 10.2 Å². The number of fused-ring (bicyclic) bond motifs is 4. The van der Waals surface area contributed by atoms with Crippen molar-refractivity contribution in [2.24, 2.45) is 5.41 Å². The first-order valence-corrected chi connectivity index (χ1v) is 10.0. The molecule has 3 aliphatic rings. The monoisotopic (exact) mass is 400 g/mol. The van der Waals surface area contributed by atoms with Crippen LogP contribution >= 0.6 is 0 Å². The molecule has 0 saturated carbocycles. The molecule has 1 spiro atoms. The molecule has 0 radical (unpaired) electrons. The van der Waals surface area contributed by atoms with Gasteiger partial charge in [-0.2, -0.15) is 0 Å². The SMILES string of the molecule is CC(C)N1C(=O)NC(=O)[C@@]2(Cc3cc([N+](=O)[O-])ccc3N3CCCCC[C@@H]32)C1=O. The third kappa shape index (κ3) is 2.79. The maximum atomic E-state index is 13.6. The van der Waals surface area contributed by atoms with Crippen LogP contribution in [0.4, 0.5) is 16.2 Å². The molecular formula is C20H24N4O5. The molecule has 0 unspecified atom stereocenters. The number of hydrogen-bond donors (Lipinski definition) is 1. The topological polar surface area (TPSA) is 113 Å². The number of amides is 4. The van der Waals surface area contributed by atoms with Gasteiger partial charge in [0.15, 0.2) is 5.41 Å². The molecule has 2 saturated heterocycles. The highest BCUT2D eigenvalue weighted by Crippen LogP contribution is 2.48. The summed E-state index contributed by atoms with van der Waals surface area (Å²) < 4.78 is 0. The average molecular weight is 400 g/mol. The number of benzene rings is 1. The first-order chi connectivity index (χ1) is 13.8. The zero-order chi connectivity index (χ0) is 20.9. The minimum atomic E-state index is -1.47. The lowest BCUT2D eigenvalue weighted by molar-refractivity contribution is -0.384. The van der Waals surface area contributed by atoms with Crippen molar-refractivity contribution in [3.63, 3.8) is 0 Å². The van der Waals surface area contributed by atoms with Crippen molar-refractivity contribution < 1.29 is 19.3 Å². The number of carbonyl (C=O) groups is 3. The van der Waals surface area contributed by atoms with E-state index in [1.807, 2.05) is 0 Å². The Hall–Kier alpha value is -2.97. The third-order valence-electron chi connectivity index (χ3n) is 6.34. The van der Waals surface area contributed by atoms with Crippen LogP contribution in [0, 0.1) is 15.5 Å². The molecule has 4 rings (SSSR count). The number of nitro groups is 1. The highest BCUT2D eigenvalue weighted by atomic mass is 16.6. The van der Waals surface area contributed by atoms with Crippen LogP contribution in [0.15, 0.2) is 18.2 Å². The van der Waals surface area contributed by atoms with Gasteiger partial charge in [0.1, 0.15) is 0 Å². The summed E-state index contributed by atoms with van der Waals surface area (Å²) in [6.45, 7) is 4.12. The van der Waals surface area contributed by atoms with Crippen molar-refractivity contribution in [2.45, 2.75) is 58.0 Å². The first kappa shape index (κ1) is 19.4. The molecule has 29 heavy (non-hydrogen) atoms. The summed E-state index contributed by atoms with van der Waals surface area (Å²) in [5.74, 6) is -1.10. The van der Waals surface area contributed by atoms with E-state index >= 15 is 0 Å². The Labute approximate surface area is 168 Å². The molecule has 3 heterocycles. The van der Waals surface area contributed by atoms with Crippen molar-refractivity contribution in [3.05, 3.63) is 33.9 Å². The van der Waals surface area contributed by atoms with E-state index < -0.39 is 34.2 Å². The third-order valence-corrected chi connectivity index (χ3v) is 6.34. The molecule has 1 aromatic carbocycles. The zero-order valence-electron chi connectivity index (χ0n) is 16.5. The summed E-state index contributed by atoms with van der Waals surface area (Å²) in [6.07, 6.45) is 3.46. The largest absolute Gasteiger partial charge is 0.367 e. The van der Waals surface area contributed by atoms with Crippen LogP contribution in [0.1, 0.15) is 45.1 Å². The van der Waals surface area contributed by atoms with Gasteiger partial charge in [0, 0.05) is 36.8 Å². The van der Waals surface area contributed by atoms with Gasteiger partial charge in [0.05, 0.1) is 11.0 Å². The van der Waals surface area contributed by atoms with Crippen molar-refractivity contribution in [3.8, 4) is 0 Å². The summed E-state index contributed by atoms with van der Waals surface area (Å²) in [5, 5.41) is 13.7. The second-order valence-corrected chi connectivity index (χ2v) is 8.30. The van der Waals surface area contributed by atoms with Crippen LogP contribution in [0.5, 0.6) is 0 Å². The Kier molecular flexibility index (Phi) is 4.55. The second kappa shape index (κ2) is 6.82. The predicted molar refractivity (Wildman–Crippen MR) is 104 cm³/mol. The number of urea groups is 1. The molecule has 3 aliphatic heterocycles. The molecule has 9 heteroatoms. The van der Waals surface area contributed by atoms with Gasteiger partial charge in [-0.3, -0.25) is 29.9 Å². The summed E-state index contributed by atoms with van der Waals surface area (Å²) in [5.41, 5.74) is -0.113.